The van der Waals surface area contributed by atoms with Gasteiger partial charge in [0.1, 0.15) is 17.1 Å². The van der Waals surface area contributed by atoms with Gasteiger partial charge in [0.25, 0.3) is 0 Å². The molecule has 1 saturated heterocycles. The Hall–Kier alpha value is -2.82. The SMILES string of the molecule is COc1ccc(C(O)(c2ccc(OC)cc2)C2CCCN2Cc2ccccc2)cc1. The molecular weight excluding hydrogens is 374 g/mol. The highest BCUT2D eigenvalue weighted by atomic mass is 16.5. The van der Waals surface area contributed by atoms with Gasteiger partial charge in [0, 0.05) is 12.6 Å². The Morgan fingerprint density at radius 1 is 0.833 bits per heavy atom. The van der Waals surface area contributed by atoms with E-state index < -0.39 is 5.60 Å². The molecule has 0 aliphatic carbocycles. The maximum atomic E-state index is 12.3. The van der Waals surface area contributed by atoms with Crippen molar-refractivity contribution in [3.05, 3.63) is 95.6 Å². The molecule has 30 heavy (non-hydrogen) atoms. The minimum Gasteiger partial charge on any atom is -0.497 e. The molecule has 0 spiro atoms. The predicted molar refractivity (Wildman–Crippen MR) is 119 cm³/mol. The van der Waals surface area contributed by atoms with Gasteiger partial charge in [0.05, 0.1) is 14.2 Å². The molecule has 4 heteroatoms. The lowest BCUT2D eigenvalue weighted by atomic mass is 9.79. The predicted octanol–water partition coefficient (Wildman–Crippen LogP) is 4.60. The van der Waals surface area contributed by atoms with Gasteiger partial charge < -0.3 is 14.6 Å². The minimum atomic E-state index is -1.14. The van der Waals surface area contributed by atoms with Crippen LogP contribution in [-0.2, 0) is 12.1 Å². The summed E-state index contributed by atoms with van der Waals surface area (Å²) in [5.74, 6) is 1.56. The molecule has 0 aromatic heterocycles. The van der Waals surface area contributed by atoms with Crippen LogP contribution in [0.3, 0.4) is 0 Å². The number of rotatable bonds is 7. The third-order valence-electron chi connectivity index (χ3n) is 6.13. The number of hydrogen-bond donors (Lipinski definition) is 1. The van der Waals surface area contributed by atoms with Crippen LogP contribution < -0.4 is 9.47 Å². The molecule has 156 valence electrons. The summed E-state index contributed by atoms with van der Waals surface area (Å²) in [5.41, 5.74) is 1.87. The third kappa shape index (κ3) is 3.93. The maximum absolute atomic E-state index is 12.3. The molecule has 4 rings (SSSR count). The van der Waals surface area contributed by atoms with Crippen LogP contribution in [-0.4, -0.2) is 36.8 Å². The summed E-state index contributed by atoms with van der Waals surface area (Å²) < 4.78 is 10.7. The van der Waals surface area contributed by atoms with E-state index in [1.54, 1.807) is 14.2 Å². The number of likely N-dealkylation sites (tertiary alicyclic amines) is 1. The van der Waals surface area contributed by atoms with Gasteiger partial charge in [-0.15, -0.1) is 0 Å². The molecule has 0 amide bonds. The van der Waals surface area contributed by atoms with Crippen LogP contribution in [0.5, 0.6) is 11.5 Å². The van der Waals surface area contributed by atoms with E-state index in [2.05, 4.69) is 29.2 Å². The van der Waals surface area contributed by atoms with Gasteiger partial charge in [-0.25, -0.2) is 0 Å². The number of benzene rings is 3. The Bertz CT molecular complexity index is 891. The number of hydrogen-bond acceptors (Lipinski definition) is 4. The highest BCUT2D eigenvalue weighted by molar-refractivity contribution is 5.43. The standard InChI is InChI=1S/C26H29NO3/c1-29-23-14-10-21(11-15-23)26(28,22-12-16-24(30-2)17-13-22)25-9-6-18-27(25)19-20-7-4-3-5-8-20/h3-5,7-8,10-17,25,28H,6,9,18-19H2,1-2H3. The smallest absolute Gasteiger partial charge is 0.130 e. The fraction of sp³-hybridized carbons (Fsp3) is 0.308. The van der Waals surface area contributed by atoms with E-state index >= 15 is 0 Å². The minimum absolute atomic E-state index is 0.0282. The van der Waals surface area contributed by atoms with Gasteiger partial charge in [0.2, 0.25) is 0 Å². The van der Waals surface area contributed by atoms with Gasteiger partial charge >= 0.3 is 0 Å². The molecule has 1 heterocycles. The van der Waals surface area contributed by atoms with Crippen molar-refractivity contribution in [1.82, 2.24) is 4.90 Å². The van der Waals surface area contributed by atoms with Gasteiger partial charge in [-0.3, -0.25) is 4.90 Å². The van der Waals surface area contributed by atoms with E-state index in [1.807, 2.05) is 54.6 Å². The molecule has 3 aromatic carbocycles. The van der Waals surface area contributed by atoms with Crippen molar-refractivity contribution >= 4 is 0 Å². The lowest BCUT2D eigenvalue weighted by Gasteiger charge is -2.40. The third-order valence-corrected chi connectivity index (χ3v) is 6.13. The normalized spacial score (nSPS) is 17.1. The number of nitrogens with zero attached hydrogens (tertiary/aromatic N) is 1. The van der Waals surface area contributed by atoms with Crippen LogP contribution in [0.4, 0.5) is 0 Å². The Balaban J connectivity index is 1.75. The van der Waals surface area contributed by atoms with E-state index in [0.717, 1.165) is 48.6 Å². The first-order valence-electron chi connectivity index (χ1n) is 10.4. The van der Waals surface area contributed by atoms with E-state index in [-0.39, 0.29) is 6.04 Å². The van der Waals surface area contributed by atoms with Crippen LogP contribution in [0.1, 0.15) is 29.5 Å². The van der Waals surface area contributed by atoms with Gasteiger partial charge in [0.15, 0.2) is 0 Å². The van der Waals surface area contributed by atoms with Crippen LogP contribution in [0.2, 0.25) is 0 Å². The summed E-state index contributed by atoms with van der Waals surface area (Å²) in [4.78, 5) is 2.41. The quantitative estimate of drug-likeness (QED) is 0.626. The molecule has 1 fully saturated rings. The van der Waals surface area contributed by atoms with Crippen LogP contribution >= 0.6 is 0 Å². The largest absolute Gasteiger partial charge is 0.497 e. The molecule has 4 nitrogen and oxygen atoms in total. The average Bonchev–Trinajstić information content (AvgIpc) is 3.28. The highest BCUT2D eigenvalue weighted by Crippen LogP contribution is 2.41. The molecule has 1 aliphatic heterocycles. The summed E-state index contributed by atoms with van der Waals surface area (Å²) in [6, 6.07) is 26.0. The number of methoxy groups -OCH3 is 2. The summed E-state index contributed by atoms with van der Waals surface area (Å²) >= 11 is 0. The van der Waals surface area contributed by atoms with E-state index in [9.17, 15) is 5.11 Å². The lowest BCUT2D eigenvalue weighted by Crippen LogP contribution is -2.48. The first-order valence-corrected chi connectivity index (χ1v) is 10.4. The molecule has 1 aliphatic rings. The van der Waals surface area contributed by atoms with E-state index in [4.69, 9.17) is 9.47 Å². The van der Waals surface area contributed by atoms with Crippen LogP contribution in [0.25, 0.3) is 0 Å². The Kier molecular flexibility index (Phi) is 6.07. The molecule has 0 saturated carbocycles. The first-order chi connectivity index (χ1) is 14.6. The molecule has 1 atom stereocenters. The maximum Gasteiger partial charge on any atom is 0.130 e. The van der Waals surface area contributed by atoms with Crippen molar-refractivity contribution in [3.8, 4) is 11.5 Å². The van der Waals surface area contributed by atoms with Crippen molar-refractivity contribution in [2.75, 3.05) is 20.8 Å². The molecular formula is C26H29NO3. The van der Waals surface area contributed by atoms with Crippen molar-refractivity contribution in [2.24, 2.45) is 0 Å². The molecule has 1 unspecified atom stereocenters. The van der Waals surface area contributed by atoms with Gasteiger partial charge in [-0.1, -0.05) is 54.6 Å². The van der Waals surface area contributed by atoms with E-state index in [1.165, 1.54) is 5.56 Å². The second-order valence-electron chi connectivity index (χ2n) is 7.84. The Morgan fingerprint density at radius 3 is 1.87 bits per heavy atom. The molecule has 3 aromatic rings. The zero-order chi connectivity index (χ0) is 21.0. The number of aliphatic hydroxyl groups is 1. The second-order valence-corrected chi connectivity index (χ2v) is 7.84. The molecule has 0 bridgehead atoms. The Morgan fingerprint density at radius 2 is 1.37 bits per heavy atom. The summed E-state index contributed by atoms with van der Waals surface area (Å²) in [5, 5.41) is 12.3. The topological polar surface area (TPSA) is 41.9 Å². The van der Waals surface area contributed by atoms with Gasteiger partial charge in [-0.05, 0) is 60.3 Å². The fourth-order valence-corrected chi connectivity index (χ4v) is 4.55. The second kappa shape index (κ2) is 8.90. The first kappa shape index (κ1) is 20.5. The van der Waals surface area contributed by atoms with Crippen LogP contribution in [0.15, 0.2) is 78.9 Å². The fourth-order valence-electron chi connectivity index (χ4n) is 4.55. The summed E-state index contributed by atoms with van der Waals surface area (Å²) in [7, 11) is 3.31. The van der Waals surface area contributed by atoms with Crippen molar-refractivity contribution in [3.63, 3.8) is 0 Å². The average molecular weight is 404 g/mol. The van der Waals surface area contributed by atoms with E-state index in [0.29, 0.717) is 0 Å². The summed E-state index contributed by atoms with van der Waals surface area (Å²) in [6.07, 6.45) is 1.99. The van der Waals surface area contributed by atoms with Gasteiger partial charge in [-0.2, -0.15) is 0 Å². The monoisotopic (exact) mass is 403 g/mol. The molecule has 1 N–H and O–H groups in total. The number of ether oxygens (including phenoxy) is 2. The zero-order valence-electron chi connectivity index (χ0n) is 17.6. The molecule has 0 radical (unpaired) electrons. The van der Waals surface area contributed by atoms with Crippen molar-refractivity contribution in [2.45, 2.75) is 31.0 Å². The summed E-state index contributed by atoms with van der Waals surface area (Å²) in [6.45, 7) is 1.79. The van der Waals surface area contributed by atoms with Crippen LogP contribution in [0, 0.1) is 0 Å². The van der Waals surface area contributed by atoms with Crippen molar-refractivity contribution in [1.29, 1.82) is 0 Å². The Labute approximate surface area is 178 Å². The highest BCUT2D eigenvalue weighted by Gasteiger charge is 2.45. The zero-order valence-corrected chi connectivity index (χ0v) is 17.6. The van der Waals surface area contributed by atoms with Crippen molar-refractivity contribution < 1.29 is 14.6 Å². The lowest BCUT2D eigenvalue weighted by molar-refractivity contribution is -0.00658.